The van der Waals surface area contributed by atoms with Gasteiger partial charge < -0.3 is 14.4 Å². The molecule has 134 valence electrons. The summed E-state index contributed by atoms with van der Waals surface area (Å²) >= 11 is 15.3. The average molecular weight is 397 g/mol. The molecule has 8 heteroatoms. The number of aryl methyl sites for hydroxylation is 1. The maximum atomic E-state index is 12.1. The molecule has 0 saturated carbocycles. The number of amides is 1. The molecule has 1 saturated heterocycles. The van der Waals surface area contributed by atoms with Gasteiger partial charge in [-0.2, -0.15) is 0 Å². The highest BCUT2D eigenvalue weighted by Crippen LogP contribution is 2.23. The number of ether oxygens (including phenoxy) is 2. The van der Waals surface area contributed by atoms with E-state index in [1.54, 1.807) is 4.90 Å². The number of nitrogens with zero attached hydrogens (tertiary/aromatic N) is 1. The van der Waals surface area contributed by atoms with Gasteiger partial charge in [0, 0.05) is 5.69 Å². The van der Waals surface area contributed by atoms with Gasteiger partial charge in [0.05, 0.1) is 25.6 Å². The van der Waals surface area contributed by atoms with Crippen molar-refractivity contribution in [1.82, 2.24) is 0 Å². The number of para-hydroxylation sites is 1. The van der Waals surface area contributed by atoms with E-state index in [-0.39, 0.29) is 24.0 Å². The molecule has 1 aromatic rings. The first-order valence-corrected chi connectivity index (χ1v) is 8.89. The second-order valence-electron chi connectivity index (χ2n) is 4.78. The highest BCUT2D eigenvalue weighted by molar-refractivity contribution is 6.67. The number of halogens is 3. The topological polar surface area (TPSA) is 55.8 Å². The van der Waals surface area contributed by atoms with Crippen LogP contribution in [0, 0.1) is 0 Å². The summed E-state index contributed by atoms with van der Waals surface area (Å²) in [5, 5.41) is -0.508. The predicted molar refractivity (Wildman–Crippen MR) is 96.2 cm³/mol. The van der Waals surface area contributed by atoms with Crippen molar-refractivity contribution in [2.45, 2.75) is 19.6 Å². The van der Waals surface area contributed by atoms with Gasteiger partial charge in [-0.3, -0.25) is 9.59 Å². The summed E-state index contributed by atoms with van der Waals surface area (Å²) in [6, 6.07) is 7.83. The predicted octanol–water partition coefficient (Wildman–Crippen LogP) is 3.18. The minimum atomic E-state index is -0.508. The number of alkyl halides is 2. The normalized spacial score (nSPS) is 14.0. The molecule has 1 aliphatic rings. The molecule has 0 spiro atoms. The number of carbonyl (C=O) groups excluding carboxylic acids is 2. The molecule has 0 unspecified atom stereocenters. The molecule has 0 atom stereocenters. The van der Waals surface area contributed by atoms with Crippen LogP contribution < -0.4 is 4.90 Å². The van der Waals surface area contributed by atoms with Crippen molar-refractivity contribution in [3.05, 3.63) is 29.8 Å². The van der Waals surface area contributed by atoms with Crippen molar-refractivity contribution in [2.24, 2.45) is 0 Å². The molecule has 1 aromatic carbocycles. The third-order valence-electron chi connectivity index (χ3n) is 3.21. The number of hydrogen-bond acceptors (Lipinski definition) is 4. The maximum Gasteiger partial charge on any atom is 0.242 e. The van der Waals surface area contributed by atoms with Gasteiger partial charge in [0.1, 0.15) is 5.88 Å². The first-order valence-electron chi connectivity index (χ1n) is 7.45. The summed E-state index contributed by atoms with van der Waals surface area (Å²) in [5.74, 6) is -0.284. The van der Waals surface area contributed by atoms with E-state index in [1.165, 1.54) is 0 Å². The van der Waals surface area contributed by atoms with E-state index in [0.29, 0.717) is 19.8 Å². The van der Waals surface area contributed by atoms with Crippen LogP contribution in [0.15, 0.2) is 24.3 Å². The Morgan fingerprint density at radius 2 is 1.75 bits per heavy atom. The highest BCUT2D eigenvalue weighted by atomic mass is 35.5. The van der Waals surface area contributed by atoms with Crippen LogP contribution in [0.5, 0.6) is 0 Å². The van der Waals surface area contributed by atoms with Gasteiger partial charge in [0.2, 0.25) is 11.1 Å². The summed E-state index contributed by atoms with van der Waals surface area (Å²) in [4.78, 5) is 23.2. The third kappa shape index (κ3) is 6.95. The molecule has 5 nitrogen and oxygen atoms in total. The van der Waals surface area contributed by atoms with E-state index < -0.39 is 5.24 Å². The number of benzene rings is 1. The molecule has 0 N–H and O–H groups in total. The zero-order valence-corrected chi connectivity index (χ0v) is 15.6. The lowest BCUT2D eigenvalue weighted by atomic mass is 10.1. The van der Waals surface area contributed by atoms with E-state index >= 15 is 0 Å². The number of carbonyl (C=O) groups is 2. The van der Waals surface area contributed by atoms with Crippen LogP contribution in [-0.2, 0) is 25.5 Å². The Balaban J connectivity index is 0.000000505. The molecule has 1 amide bonds. The second-order valence-corrected chi connectivity index (χ2v) is 5.74. The molecule has 0 aliphatic carbocycles. The van der Waals surface area contributed by atoms with E-state index in [9.17, 15) is 9.59 Å². The summed E-state index contributed by atoms with van der Waals surface area (Å²) in [6.45, 7) is 3.58. The van der Waals surface area contributed by atoms with Crippen molar-refractivity contribution >= 4 is 51.6 Å². The lowest BCUT2D eigenvalue weighted by molar-refractivity contribution is -0.117. The Bertz CT molecular complexity index is 536. The molecule has 1 heterocycles. The molecule has 0 radical (unpaired) electrons. The Hall–Kier alpha value is -0.850. The second kappa shape index (κ2) is 11.7. The molecule has 1 aliphatic heterocycles. The fourth-order valence-corrected chi connectivity index (χ4v) is 2.29. The minimum absolute atomic E-state index is 0.0508. The van der Waals surface area contributed by atoms with Crippen molar-refractivity contribution in [2.75, 3.05) is 36.4 Å². The Morgan fingerprint density at radius 3 is 2.25 bits per heavy atom. The number of anilines is 1. The molecule has 24 heavy (non-hydrogen) atoms. The van der Waals surface area contributed by atoms with Crippen LogP contribution in [0.3, 0.4) is 0 Å². The summed E-state index contributed by atoms with van der Waals surface area (Å²) < 4.78 is 10.8. The lowest BCUT2D eigenvalue weighted by Crippen LogP contribution is -2.39. The first kappa shape index (κ1) is 21.2. The molecule has 2 rings (SSSR count). The minimum Gasteiger partial charge on any atom is -0.348 e. The van der Waals surface area contributed by atoms with Gasteiger partial charge in [-0.25, -0.2) is 0 Å². The third-order valence-corrected chi connectivity index (χ3v) is 3.95. The van der Waals surface area contributed by atoms with Crippen molar-refractivity contribution < 1.29 is 19.1 Å². The molecule has 0 aromatic heterocycles. The molecular weight excluding hydrogens is 377 g/mol. The molecule has 0 bridgehead atoms. The van der Waals surface area contributed by atoms with Crippen LogP contribution in [0.4, 0.5) is 5.69 Å². The van der Waals surface area contributed by atoms with Crippen LogP contribution in [0.2, 0.25) is 0 Å². The highest BCUT2D eigenvalue weighted by Gasteiger charge is 2.24. The van der Waals surface area contributed by atoms with Gasteiger partial charge in [0.25, 0.3) is 0 Å². The van der Waals surface area contributed by atoms with Crippen molar-refractivity contribution in [1.29, 1.82) is 0 Å². The van der Waals surface area contributed by atoms with Gasteiger partial charge in [-0.15, -0.1) is 23.2 Å². The van der Waals surface area contributed by atoms with Gasteiger partial charge in [-0.05, 0) is 29.7 Å². The van der Waals surface area contributed by atoms with Gasteiger partial charge in [0.15, 0.2) is 6.29 Å². The van der Waals surface area contributed by atoms with Crippen LogP contribution in [0.1, 0.15) is 12.5 Å². The standard InChI is InChI=1S/C14H18ClNO3.C2H2Cl2O/c1-2-11-5-3-4-6-12(11)16(13(17)9-15)10-14-18-7-8-19-14;3-1-2(4)5/h3-6,14H,2,7-10H2,1H3;1H2. The quantitative estimate of drug-likeness (QED) is 0.547. The monoisotopic (exact) mass is 395 g/mol. The largest absolute Gasteiger partial charge is 0.348 e. The maximum absolute atomic E-state index is 12.1. The fourth-order valence-electron chi connectivity index (χ4n) is 2.14. The Kier molecular flexibility index (Phi) is 10.3. The molecule has 1 fully saturated rings. The summed E-state index contributed by atoms with van der Waals surface area (Å²) in [7, 11) is 0. The van der Waals surface area contributed by atoms with Gasteiger partial charge in [-0.1, -0.05) is 25.1 Å². The molecular formula is C16H20Cl3NO4. The van der Waals surface area contributed by atoms with Gasteiger partial charge >= 0.3 is 0 Å². The van der Waals surface area contributed by atoms with E-state index in [0.717, 1.165) is 17.7 Å². The SMILES string of the molecule is CCc1ccccc1N(CC1OCCO1)C(=O)CCl.O=C(Cl)CCl. The number of rotatable bonds is 6. The zero-order chi connectivity index (χ0) is 17.9. The van der Waals surface area contributed by atoms with Crippen molar-refractivity contribution in [3.63, 3.8) is 0 Å². The van der Waals surface area contributed by atoms with Crippen LogP contribution >= 0.6 is 34.8 Å². The van der Waals surface area contributed by atoms with Crippen molar-refractivity contribution in [3.8, 4) is 0 Å². The number of hydrogen-bond donors (Lipinski definition) is 0. The van der Waals surface area contributed by atoms with E-state index in [1.807, 2.05) is 24.3 Å². The van der Waals surface area contributed by atoms with E-state index in [2.05, 4.69) is 6.92 Å². The zero-order valence-electron chi connectivity index (χ0n) is 13.3. The first-order chi connectivity index (χ1) is 11.5. The Labute approximate surface area is 156 Å². The van der Waals surface area contributed by atoms with Crippen LogP contribution in [0.25, 0.3) is 0 Å². The lowest BCUT2D eigenvalue weighted by Gasteiger charge is -2.26. The summed E-state index contributed by atoms with van der Waals surface area (Å²) in [5.41, 5.74) is 1.99. The Morgan fingerprint density at radius 1 is 1.17 bits per heavy atom. The summed E-state index contributed by atoms with van der Waals surface area (Å²) in [6.07, 6.45) is 0.492. The van der Waals surface area contributed by atoms with Crippen LogP contribution in [-0.4, -0.2) is 49.0 Å². The smallest absolute Gasteiger partial charge is 0.242 e. The fraction of sp³-hybridized carbons (Fsp3) is 0.500. The average Bonchev–Trinajstić information content (AvgIpc) is 3.12. The van der Waals surface area contributed by atoms with E-state index in [4.69, 9.17) is 44.3 Å².